The molecule has 48 heavy (non-hydrogen) atoms. The summed E-state index contributed by atoms with van der Waals surface area (Å²) in [7, 11) is 1.51. The van der Waals surface area contributed by atoms with Gasteiger partial charge in [0.1, 0.15) is 30.3 Å². The normalized spacial score (nSPS) is 34.5. The zero-order valence-electron chi connectivity index (χ0n) is 28.0. The number of rotatable bonds is 4. The van der Waals surface area contributed by atoms with Crippen LogP contribution >= 0.6 is 0 Å². The molecule has 260 valence electrons. The van der Waals surface area contributed by atoms with Gasteiger partial charge in [-0.05, 0) is 80.2 Å². The molecule has 10 nitrogen and oxygen atoms in total. The van der Waals surface area contributed by atoms with E-state index < -0.39 is 53.7 Å². The van der Waals surface area contributed by atoms with Gasteiger partial charge >= 0.3 is 6.09 Å². The number of alkyl halides is 2. The molecule has 3 saturated carbocycles. The largest absolute Gasteiger partial charge is 0.497 e. The summed E-state index contributed by atoms with van der Waals surface area (Å²) in [6.45, 7) is 3.86. The van der Waals surface area contributed by atoms with Gasteiger partial charge in [-0.1, -0.05) is 33.1 Å². The highest BCUT2D eigenvalue weighted by Crippen LogP contribution is 2.58. The van der Waals surface area contributed by atoms with E-state index in [0.717, 1.165) is 44.8 Å². The number of aldehydes is 1. The maximum absolute atomic E-state index is 16.2. The standard InChI is InChI=1S/C36H46F2N4O6/c1-4-22-27(19-43)42-18-29(22)47-32-30(39-25-11-10-21(46-3)17-26(25)40-32)36(37,38)14-6-5-9-23-24-15-20(24)16-28(23)48-34(45)41-31(33(42)44)35(2)12-7-8-13-35/h10-11,17,19-20,22-24,27-29,31H,4-9,12-16,18H2,1-3H3,(H,41,45)/t20?,22-,23+,24?,27+,28+,29-,31+/m0/s1. The second-order valence-electron chi connectivity index (χ2n) is 15.0. The van der Waals surface area contributed by atoms with Gasteiger partial charge in [0.15, 0.2) is 5.69 Å². The Balaban J connectivity index is 1.29. The van der Waals surface area contributed by atoms with Gasteiger partial charge < -0.3 is 29.2 Å². The van der Waals surface area contributed by atoms with Crippen LogP contribution < -0.4 is 14.8 Å². The zero-order chi connectivity index (χ0) is 33.8. The van der Waals surface area contributed by atoms with E-state index in [2.05, 4.69) is 15.3 Å². The molecule has 5 aliphatic rings. The van der Waals surface area contributed by atoms with Gasteiger partial charge in [-0.3, -0.25) is 4.79 Å². The molecule has 12 heteroatoms. The summed E-state index contributed by atoms with van der Waals surface area (Å²) in [6, 6.07) is 3.08. The maximum Gasteiger partial charge on any atom is 0.408 e. The summed E-state index contributed by atoms with van der Waals surface area (Å²) < 4.78 is 50.1. The van der Waals surface area contributed by atoms with Gasteiger partial charge in [-0.25, -0.2) is 14.8 Å². The summed E-state index contributed by atoms with van der Waals surface area (Å²) in [5.41, 5.74) is -0.452. The molecule has 8 atom stereocenters. The predicted octanol–water partition coefficient (Wildman–Crippen LogP) is 6.19. The lowest BCUT2D eigenvalue weighted by Crippen LogP contribution is -2.57. The summed E-state index contributed by atoms with van der Waals surface area (Å²) in [5.74, 6) is -3.02. The monoisotopic (exact) mass is 668 g/mol. The molecule has 1 aromatic carbocycles. The Bertz CT molecular complexity index is 1570. The Morgan fingerprint density at radius 1 is 1.02 bits per heavy atom. The molecule has 7 rings (SSSR count). The fourth-order valence-electron chi connectivity index (χ4n) is 9.21. The van der Waals surface area contributed by atoms with E-state index in [1.165, 1.54) is 12.0 Å². The van der Waals surface area contributed by atoms with Crippen LogP contribution in [0.15, 0.2) is 18.2 Å². The van der Waals surface area contributed by atoms with Gasteiger partial charge in [0.05, 0.1) is 30.7 Å². The van der Waals surface area contributed by atoms with Crippen molar-refractivity contribution in [3.63, 3.8) is 0 Å². The first kappa shape index (κ1) is 33.0. The van der Waals surface area contributed by atoms with Gasteiger partial charge in [-0.2, -0.15) is 8.78 Å². The van der Waals surface area contributed by atoms with E-state index >= 15 is 8.78 Å². The number of ether oxygens (including phenoxy) is 3. The summed E-state index contributed by atoms with van der Waals surface area (Å²) in [5, 5.41) is 2.97. The summed E-state index contributed by atoms with van der Waals surface area (Å²) >= 11 is 0. The van der Waals surface area contributed by atoms with Crippen molar-refractivity contribution < 1.29 is 37.4 Å². The third kappa shape index (κ3) is 5.97. The lowest BCUT2D eigenvalue weighted by Gasteiger charge is -2.37. The van der Waals surface area contributed by atoms with Crippen molar-refractivity contribution in [1.82, 2.24) is 20.2 Å². The second-order valence-corrected chi connectivity index (χ2v) is 15.0. The first-order valence-corrected chi connectivity index (χ1v) is 17.7. The van der Waals surface area contributed by atoms with E-state index in [9.17, 15) is 14.4 Å². The lowest BCUT2D eigenvalue weighted by atomic mass is 9.79. The van der Waals surface area contributed by atoms with E-state index in [1.807, 2.05) is 13.8 Å². The van der Waals surface area contributed by atoms with Crippen LogP contribution in [0.2, 0.25) is 0 Å². The molecular weight excluding hydrogens is 622 g/mol. The number of hydrogen-bond acceptors (Lipinski definition) is 8. The highest BCUT2D eigenvalue weighted by atomic mass is 19.3. The molecule has 1 aromatic heterocycles. The smallest absolute Gasteiger partial charge is 0.408 e. The molecule has 2 unspecified atom stereocenters. The van der Waals surface area contributed by atoms with E-state index in [1.54, 1.807) is 18.2 Å². The number of alkyl carbamates (subject to hydrolysis) is 1. The number of nitrogens with one attached hydrogen (secondary N) is 1. The van der Waals surface area contributed by atoms with Crippen molar-refractivity contribution in [1.29, 1.82) is 0 Å². The molecular formula is C36H46F2N4O6. The fourth-order valence-corrected chi connectivity index (χ4v) is 9.21. The molecule has 0 radical (unpaired) electrons. The van der Waals surface area contributed by atoms with Crippen LogP contribution in [0, 0.1) is 29.1 Å². The molecule has 1 N–H and O–H groups in total. The van der Waals surface area contributed by atoms with E-state index in [0.29, 0.717) is 42.4 Å². The number of hydrogen-bond donors (Lipinski definition) is 1. The predicted molar refractivity (Wildman–Crippen MR) is 172 cm³/mol. The van der Waals surface area contributed by atoms with Gasteiger partial charge in [0, 0.05) is 18.4 Å². The van der Waals surface area contributed by atoms with Gasteiger partial charge in [-0.15, -0.1) is 0 Å². The van der Waals surface area contributed by atoms with Crippen molar-refractivity contribution >= 4 is 29.3 Å². The van der Waals surface area contributed by atoms with Crippen molar-refractivity contribution in [2.24, 2.45) is 29.1 Å². The summed E-state index contributed by atoms with van der Waals surface area (Å²) in [6.07, 6.45) is 5.61. The number of nitrogens with zero attached hydrogens (tertiary/aromatic N) is 3. The zero-order valence-corrected chi connectivity index (χ0v) is 28.0. The first-order chi connectivity index (χ1) is 23.0. The molecule has 3 heterocycles. The Labute approximate surface area is 279 Å². The topological polar surface area (TPSA) is 120 Å². The number of benzene rings is 1. The average molecular weight is 669 g/mol. The van der Waals surface area contributed by atoms with Crippen molar-refractivity contribution in [3.8, 4) is 11.6 Å². The molecule has 4 fully saturated rings. The number of amides is 2. The van der Waals surface area contributed by atoms with Crippen LogP contribution in [0.1, 0.15) is 90.2 Å². The number of halogens is 2. The summed E-state index contributed by atoms with van der Waals surface area (Å²) in [4.78, 5) is 51.2. The van der Waals surface area contributed by atoms with Gasteiger partial charge in [0.2, 0.25) is 11.8 Å². The molecule has 2 aromatic rings. The lowest BCUT2D eigenvalue weighted by molar-refractivity contribution is -0.140. The highest BCUT2D eigenvalue weighted by Gasteiger charge is 2.55. The van der Waals surface area contributed by atoms with Crippen LogP contribution in [0.25, 0.3) is 11.0 Å². The molecule has 3 aliphatic carbocycles. The molecule has 0 spiro atoms. The van der Waals surface area contributed by atoms with Crippen molar-refractivity contribution in [2.45, 2.75) is 115 Å². The highest BCUT2D eigenvalue weighted by molar-refractivity contribution is 5.89. The minimum absolute atomic E-state index is 0.0268. The van der Waals surface area contributed by atoms with E-state index in [-0.39, 0.29) is 42.3 Å². The van der Waals surface area contributed by atoms with Crippen LogP contribution in [0.3, 0.4) is 0 Å². The molecule has 2 bridgehead atoms. The Morgan fingerprint density at radius 3 is 2.52 bits per heavy atom. The van der Waals surface area contributed by atoms with Gasteiger partial charge in [0.25, 0.3) is 5.92 Å². The van der Waals surface area contributed by atoms with Crippen molar-refractivity contribution in [3.05, 3.63) is 23.9 Å². The SMILES string of the molecule is CC[C@@H]1[C@@H]2CN(C(=O)[C@H](C3(C)CCCC3)NC(=O)O[C@@H]3CC4CC4[C@H]3CCCCC(F)(F)c3nc4ccc(OC)cc4nc3O2)[C@@H]1C=O. The van der Waals surface area contributed by atoms with Crippen LogP contribution in [-0.2, 0) is 20.2 Å². The average Bonchev–Trinajstić information content (AvgIpc) is 3.35. The number of carbonyl (C=O) groups excluding carboxylic acids is 3. The second kappa shape index (κ2) is 12.7. The maximum atomic E-state index is 16.2. The Morgan fingerprint density at radius 2 is 1.79 bits per heavy atom. The Hall–Kier alpha value is -3.57. The third-order valence-corrected chi connectivity index (χ3v) is 12.0. The number of aromatic nitrogens is 2. The molecule has 2 amide bonds. The number of carbonyl (C=O) groups is 3. The molecule has 1 saturated heterocycles. The number of fused-ring (bicyclic) bond motifs is 7. The number of methoxy groups -OCH3 is 1. The van der Waals surface area contributed by atoms with Crippen LogP contribution in [0.5, 0.6) is 11.6 Å². The minimum Gasteiger partial charge on any atom is -0.497 e. The van der Waals surface area contributed by atoms with Crippen LogP contribution in [-0.4, -0.2) is 71.1 Å². The quantitative estimate of drug-likeness (QED) is 0.384. The van der Waals surface area contributed by atoms with Crippen LogP contribution in [0.4, 0.5) is 13.6 Å². The minimum atomic E-state index is -3.35. The molecule has 2 aliphatic heterocycles. The third-order valence-electron chi connectivity index (χ3n) is 12.0. The van der Waals surface area contributed by atoms with E-state index in [4.69, 9.17) is 14.2 Å². The van der Waals surface area contributed by atoms with Crippen molar-refractivity contribution in [2.75, 3.05) is 13.7 Å². The first-order valence-electron chi connectivity index (χ1n) is 17.7. The Kier molecular flexibility index (Phi) is 8.73. The fraction of sp³-hybridized carbons (Fsp3) is 0.694.